The van der Waals surface area contributed by atoms with Crippen molar-refractivity contribution in [3.8, 4) is 11.8 Å². The second kappa shape index (κ2) is 6.26. The Morgan fingerprint density at radius 3 is 2.58 bits per heavy atom. The first-order valence-electron chi connectivity index (χ1n) is 8.27. The van der Waals surface area contributed by atoms with E-state index in [9.17, 15) is 0 Å². The summed E-state index contributed by atoms with van der Waals surface area (Å²) in [5.41, 5.74) is 4.50. The van der Waals surface area contributed by atoms with Gasteiger partial charge in [0.15, 0.2) is 0 Å². The number of benzene rings is 1. The Balaban J connectivity index is 1.74. The van der Waals surface area contributed by atoms with Crippen molar-refractivity contribution < 1.29 is 0 Å². The molecule has 1 aliphatic rings. The highest BCUT2D eigenvalue weighted by Crippen LogP contribution is 2.36. The zero-order valence-electron chi connectivity index (χ0n) is 14.0. The van der Waals surface area contributed by atoms with Gasteiger partial charge in [-0.05, 0) is 61.4 Å². The number of fused-ring (bicyclic) bond motifs is 3. The lowest BCUT2D eigenvalue weighted by Crippen LogP contribution is -2.07. The molecular formula is C20H19N3S. The molecule has 0 atom stereocenters. The summed E-state index contributed by atoms with van der Waals surface area (Å²) in [6.45, 7) is 0. The first-order chi connectivity index (χ1) is 11.7. The van der Waals surface area contributed by atoms with E-state index in [1.165, 1.54) is 40.8 Å². The highest BCUT2D eigenvalue weighted by molar-refractivity contribution is 7.18. The third-order valence-electron chi connectivity index (χ3n) is 4.46. The van der Waals surface area contributed by atoms with Gasteiger partial charge in [0.2, 0.25) is 0 Å². The van der Waals surface area contributed by atoms with Crippen molar-refractivity contribution in [1.82, 2.24) is 9.97 Å². The summed E-state index contributed by atoms with van der Waals surface area (Å²) in [4.78, 5) is 13.6. The van der Waals surface area contributed by atoms with Gasteiger partial charge in [0.05, 0.1) is 0 Å². The van der Waals surface area contributed by atoms with E-state index < -0.39 is 0 Å². The third kappa shape index (κ3) is 2.76. The van der Waals surface area contributed by atoms with Crippen molar-refractivity contribution in [2.75, 3.05) is 19.0 Å². The number of thiophene rings is 1. The van der Waals surface area contributed by atoms with E-state index in [2.05, 4.69) is 51.0 Å². The zero-order valence-corrected chi connectivity index (χ0v) is 14.8. The monoisotopic (exact) mass is 333 g/mol. The van der Waals surface area contributed by atoms with Gasteiger partial charge in [0, 0.05) is 35.6 Å². The van der Waals surface area contributed by atoms with Gasteiger partial charge in [-0.2, -0.15) is 0 Å². The van der Waals surface area contributed by atoms with Crippen molar-refractivity contribution in [2.24, 2.45) is 0 Å². The Bertz CT molecular complexity index is 943. The van der Waals surface area contributed by atoms with Gasteiger partial charge in [-0.1, -0.05) is 5.92 Å². The number of hydrogen-bond acceptors (Lipinski definition) is 4. The standard InChI is InChI=1S/C20H19N3S/c1-23(2)15-10-7-14(8-11-15)9-12-17-19-16-5-3-4-6-18(16)24-20(19)22-13-21-17/h7-8,10-11,13H,3-6H2,1-2H3. The molecule has 2 aromatic heterocycles. The molecular weight excluding hydrogens is 314 g/mol. The molecule has 120 valence electrons. The third-order valence-corrected chi connectivity index (χ3v) is 5.66. The summed E-state index contributed by atoms with van der Waals surface area (Å²) >= 11 is 1.82. The van der Waals surface area contributed by atoms with Gasteiger partial charge in [-0.3, -0.25) is 0 Å². The lowest BCUT2D eigenvalue weighted by molar-refractivity contribution is 0.700. The molecule has 0 amide bonds. The van der Waals surface area contributed by atoms with Crippen LogP contribution in [0.3, 0.4) is 0 Å². The molecule has 0 unspecified atom stereocenters. The van der Waals surface area contributed by atoms with E-state index in [1.54, 1.807) is 6.33 Å². The van der Waals surface area contributed by atoms with Crippen molar-refractivity contribution >= 4 is 27.2 Å². The zero-order chi connectivity index (χ0) is 16.5. The average molecular weight is 333 g/mol. The molecule has 1 aromatic carbocycles. The molecule has 1 aliphatic carbocycles. The molecule has 0 aliphatic heterocycles. The average Bonchev–Trinajstić information content (AvgIpc) is 2.99. The number of rotatable bonds is 1. The van der Waals surface area contributed by atoms with Crippen LogP contribution in [0, 0.1) is 11.8 Å². The van der Waals surface area contributed by atoms with Crippen LogP contribution in [0.4, 0.5) is 5.69 Å². The summed E-state index contributed by atoms with van der Waals surface area (Å²) < 4.78 is 0. The van der Waals surface area contributed by atoms with Gasteiger partial charge in [0.25, 0.3) is 0 Å². The maximum atomic E-state index is 4.47. The van der Waals surface area contributed by atoms with Crippen LogP contribution in [-0.4, -0.2) is 24.1 Å². The van der Waals surface area contributed by atoms with Crippen molar-refractivity contribution in [3.63, 3.8) is 0 Å². The Kier molecular flexibility index (Phi) is 3.95. The van der Waals surface area contributed by atoms with Crippen LogP contribution in [0.5, 0.6) is 0 Å². The molecule has 4 rings (SSSR count). The molecule has 0 bridgehead atoms. The van der Waals surface area contributed by atoms with Crippen LogP contribution in [-0.2, 0) is 12.8 Å². The van der Waals surface area contributed by atoms with Gasteiger partial charge >= 0.3 is 0 Å². The summed E-state index contributed by atoms with van der Waals surface area (Å²) in [6, 6.07) is 8.30. The summed E-state index contributed by atoms with van der Waals surface area (Å²) in [5.74, 6) is 6.54. The van der Waals surface area contributed by atoms with E-state index >= 15 is 0 Å². The lowest BCUT2D eigenvalue weighted by Gasteiger charge is -2.11. The summed E-state index contributed by atoms with van der Waals surface area (Å²) in [6.07, 6.45) is 6.49. The van der Waals surface area contributed by atoms with Crippen LogP contribution >= 0.6 is 11.3 Å². The highest BCUT2D eigenvalue weighted by Gasteiger charge is 2.18. The van der Waals surface area contributed by atoms with Gasteiger partial charge < -0.3 is 4.90 Å². The van der Waals surface area contributed by atoms with E-state index in [1.807, 2.05) is 25.4 Å². The molecule has 4 heteroatoms. The Morgan fingerprint density at radius 1 is 1.00 bits per heavy atom. The molecule has 2 heterocycles. The molecule has 0 spiro atoms. The van der Waals surface area contributed by atoms with Gasteiger partial charge in [-0.25, -0.2) is 9.97 Å². The minimum absolute atomic E-state index is 0.871. The summed E-state index contributed by atoms with van der Waals surface area (Å²) in [7, 11) is 4.08. The quantitative estimate of drug-likeness (QED) is 0.630. The molecule has 3 aromatic rings. The number of aryl methyl sites for hydroxylation is 2. The van der Waals surface area contributed by atoms with E-state index in [-0.39, 0.29) is 0 Å². The number of aromatic nitrogens is 2. The minimum atomic E-state index is 0.871. The second-order valence-electron chi connectivity index (χ2n) is 6.30. The number of nitrogens with zero attached hydrogens (tertiary/aromatic N) is 3. The first-order valence-corrected chi connectivity index (χ1v) is 9.08. The Morgan fingerprint density at radius 2 is 1.79 bits per heavy atom. The predicted molar refractivity (Wildman–Crippen MR) is 101 cm³/mol. The van der Waals surface area contributed by atoms with Crippen LogP contribution < -0.4 is 4.90 Å². The Hall–Kier alpha value is -2.38. The van der Waals surface area contributed by atoms with Crippen molar-refractivity contribution in [2.45, 2.75) is 25.7 Å². The molecule has 24 heavy (non-hydrogen) atoms. The van der Waals surface area contributed by atoms with Crippen molar-refractivity contribution in [3.05, 3.63) is 52.3 Å². The van der Waals surface area contributed by atoms with Crippen LogP contribution in [0.25, 0.3) is 10.2 Å². The molecule has 3 nitrogen and oxygen atoms in total. The van der Waals surface area contributed by atoms with E-state index in [0.717, 1.165) is 22.5 Å². The predicted octanol–water partition coefficient (Wildman–Crippen LogP) is 4.04. The van der Waals surface area contributed by atoms with Crippen LogP contribution in [0.2, 0.25) is 0 Å². The number of anilines is 1. The molecule has 0 saturated heterocycles. The second-order valence-corrected chi connectivity index (χ2v) is 7.39. The fraction of sp³-hybridized carbons (Fsp3) is 0.300. The smallest absolute Gasteiger partial charge is 0.128 e. The SMILES string of the molecule is CN(C)c1ccc(C#Cc2ncnc3sc4c(c23)CCCC4)cc1. The lowest BCUT2D eigenvalue weighted by atomic mass is 9.96. The molecule has 0 fully saturated rings. The fourth-order valence-electron chi connectivity index (χ4n) is 3.16. The molecule has 0 radical (unpaired) electrons. The van der Waals surface area contributed by atoms with Crippen LogP contribution in [0.1, 0.15) is 34.5 Å². The van der Waals surface area contributed by atoms with Crippen molar-refractivity contribution in [1.29, 1.82) is 0 Å². The molecule has 0 saturated carbocycles. The minimum Gasteiger partial charge on any atom is -0.378 e. The van der Waals surface area contributed by atoms with Crippen LogP contribution in [0.15, 0.2) is 30.6 Å². The Labute approximate surface area is 146 Å². The van der Waals surface area contributed by atoms with E-state index in [0.29, 0.717) is 0 Å². The van der Waals surface area contributed by atoms with Gasteiger partial charge in [-0.15, -0.1) is 11.3 Å². The largest absolute Gasteiger partial charge is 0.378 e. The first kappa shape index (κ1) is 15.2. The highest BCUT2D eigenvalue weighted by atomic mass is 32.1. The summed E-state index contributed by atoms with van der Waals surface area (Å²) in [5, 5.41) is 1.19. The van der Waals surface area contributed by atoms with Gasteiger partial charge in [0.1, 0.15) is 16.9 Å². The topological polar surface area (TPSA) is 29.0 Å². The maximum absolute atomic E-state index is 4.47. The van der Waals surface area contributed by atoms with E-state index in [4.69, 9.17) is 0 Å². The normalized spacial score (nSPS) is 13.2. The fourth-order valence-corrected chi connectivity index (χ4v) is 4.39. The maximum Gasteiger partial charge on any atom is 0.128 e. The number of hydrogen-bond donors (Lipinski definition) is 0. The molecule has 0 N–H and O–H groups in total.